The molecule has 112 valence electrons. The Bertz CT molecular complexity index is 486. The normalized spacial score (nSPS) is 13.0. The molecule has 1 atom stereocenters. The Morgan fingerprint density at radius 2 is 2.10 bits per heavy atom. The first-order valence-corrected chi connectivity index (χ1v) is 5.47. The summed E-state index contributed by atoms with van der Waals surface area (Å²) in [5, 5.41) is 22.6. The van der Waals surface area contributed by atoms with Crippen LogP contribution < -0.4 is 5.32 Å². The van der Waals surface area contributed by atoms with Gasteiger partial charge in [-0.05, 0) is 6.07 Å². The van der Waals surface area contributed by atoms with Crippen LogP contribution in [0, 0.1) is 0 Å². The molecule has 0 fully saturated rings. The SMILES string of the molecule is O=C(Cn1ccc(C(F)(F)F)n1)NC(CCO)C(=O)O. The zero-order valence-electron chi connectivity index (χ0n) is 10.1. The number of hydrogen-bond donors (Lipinski definition) is 3. The van der Waals surface area contributed by atoms with E-state index in [1.165, 1.54) is 0 Å². The van der Waals surface area contributed by atoms with Crippen LogP contribution in [0.1, 0.15) is 12.1 Å². The second kappa shape index (κ2) is 6.37. The fraction of sp³-hybridized carbons (Fsp3) is 0.500. The van der Waals surface area contributed by atoms with Gasteiger partial charge in [0.05, 0.1) is 0 Å². The molecule has 0 spiro atoms. The van der Waals surface area contributed by atoms with Gasteiger partial charge in [0.2, 0.25) is 5.91 Å². The minimum absolute atomic E-state index is 0.200. The van der Waals surface area contributed by atoms with Crippen molar-refractivity contribution < 1.29 is 33.0 Å². The molecule has 20 heavy (non-hydrogen) atoms. The molecule has 1 aromatic rings. The van der Waals surface area contributed by atoms with E-state index in [-0.39, 0.29) is 6.42 Å². The molecule has 1 unspecified atom stereocenters. The van der Waals surface area contributed by atoms with Gasteiger partial charge in [0.15, 0.2) is 5.69 Å². The molecule has 1 rings (SSSR count). The summed E-state index contributed by atoms with van der Waals surface area (Å²) in [6.45, 7) is -0.997. The lowest BCUT2D eigenvalue weighted by molar-refractivity contribution is -0.142. The van der Waals surface area contributed by atoms with Gasteiger partial charge in [-0.1, -0.05) is 0 Å². The molecule has 3 N–H and O–H groups in total. The molecular formula is C10H12F3N3O4. The number of aliphatic hydroxyl groups is 1. The van der Waals surface area contributed by atoms with Crippen LogP contribution in [-0.4, -0.2) is 44.5 Å². The Morgan fingerprint density at radius 1 is 1.45 bits per heavy atom. The van der Waals surface area contributed by atoms with Crippen molar-refractivity contribution in [2.24, 2.45) is 0 Å². The highest BCUT2D eigenvalue weighted by Crippen LogP contribution is 2.27. The molecule has 1 aromatic heterocycles. The molecule has 1 amide bonds. The van der Waals surface area contributed by atoms with Gasteiger partial charge in [-0.3, -0.25) is 9.48 Å². The number of rotatable bonds is 6. The third kappa shape index (κ3) is 4.53. The molecule has 0 aromatic carbocycles. The van der Waals surface area contributed by atoms with Crippen molar-refractivity contribution in [1.82, 2.24) is 15.1 Å². The van der Waals surface area contributed by atoms with Crippen LogP contribution in [-0.2, 0) is 22.3 Å². The molecule has 0 aliphatic rings. The lowest BCUT2D eigenvalue weighted by atomic mass is 10.2. The lowest BCUT2D eigenvalue weighted by Crippen LogP contribution is -2.42. The van der Waals surface area contributed by atoms with Gasteiger partial charge in [-0.2, -0.15) is 18.3 Å². The number of carboxylic acid groups (broad SMARTS) is 1. The maximum absolute atomic E-state index is 12.3. The van der Waals surface area contributed by atoms with E-state index in [1.54, 1.807) is 0 Å². The summed E-state index contributed by atoms with van der Waals surface area (Å²) in [6, 6.07) is -0.597. The van der Waals surface area contributed by atoms with Gasteiger partial charge in [0, 0.05) is 19.2 Å². The number of nitrogens with zero attached hydrogens (tertiary/aromatic N) is 2. The highest BCUT2D eigenvalue weighted by molar-refractivity contribution is 5.83. The maximum Gasteiger partial charge on any atom is 0.435 e. The third-order valence-corrected chi connectivity index (χ3v) is 2.29. The zero-order valence-corrected chi connectivity index (χ0v) is 10.1. The monoisotopic (exact) mass is 295 g/mol. The van der Waals surface area contributed by atoms with Crippen molar-refractivity contribution in [3.8, 4) is 0 Å². The lowest BCUT2D eigenvalue weighted by Gasteiger charge is -2.13. The predicted octanol–water partition coefficient (Wildman–Crippen LogP) is -0.146. The van der Waals surface area contributed by atoms with E-state index in [0.29, 0.717) is 6.07 Å². The number of carboxylic acids is 1. The molecule has 0 bridgehead atoms. The number of alkyl halides is 3. The third-order valence-electron chi connectivity index (χ3n) is 2.29. The van der Waals surface area contributed by atoms with Crippen molar-refractivity contribution in [3.63, 3.8) is 0 Å². The molecule has 0 radical (unpaired) electrons. The van der Waals surface area contributed by atoms with Crippen LogP contribution >= 0.6 is 0 Å². The van der Waals surface area contributed by atoms with E-state index >= 15 is 0 Å². The summed E-state index contributed by atoms with van der Waals surface area (Å²) in [4.78, 5) is 22.2. The Morgan fingerprint density at radius 3 is 2.55 bits per heavy atom. The first kappa shape index (κ1) is 16.0. The fourth-order valence-electron chi connectivity index (χ4n) is 1.37. The number of amides is 1. The van der Waals surface area contributed by atoms with E-state index in [4.69, 9.17) is 10.2 Å². The number of hydrogen-bond acceptors (Lipinski definition) is 4. The smallest absolute Gasteiger partial charge is 0.435 e. The minimum Gasteiger partial charge on any atom is -0.480 e. The second-order valence-electron chi connectivity index (χ2n) is 3.87. The number of carbonyl (C=O) groups is 2. The van der Waals surface area contributed by atoms with Crippen molar-refractivity contribution in [2.75, 3.05) is 6.61 Å². The first-order chi connectivity index (χ1) is 9.24. The number of aromatic nitrogens is 2. The Labute approximate surface area is 111 Å². The number of nitrogens with one attached hydrogen (secondary N) is 1. The Kier molecular flexibility index (Phi) is 5.08. The molecule has 1 heterocycles. The number of halogens is 3. The standard InChI is InChI=1S/C10H12F3N3O4/c11-10(12,13)7-1-3-16(15-7)5-8(18)14-6(2-4-17)9(19)20/h1,3,6,17H,2,4-5H2,(H,14,18)(H,19,20). The van der Waals surface area contributed by atoms with Gasteiger partial charge in [-0.15, -0.1) is 0 Å². The summed E-state index contributed by atoms with van der Waals surface area (Å²) in [6.07, 6.45) is -3.85. The number of aliphatic carboxylic acids is 1. The fourth-order valence-corrected chi connectivity index (χ4v) is 1.37. The van der Waals surface area contributed by atoms with Crippen LogP contribution in [0.4, 0.5) is 13.2 Å². The van der Waals surface area contributed by atoms with Gasteiger partial charge in [0.25, 0.3) is 0 Å². The summed E-state index contributed by atoms with van der Waals surface area (Å²) >= 11 is 0. The van der Waals surface area contributed by atoms with E-state index in [1.807, 2.05) is 0 Å². The van der Waals surface area contributed by atoms with E-state index in [0.717, 1.165) is 10.9 Å². The molecule has 0 saturated carbocycles. The maximum atomic E-state index is 12.3. The van der Waals surface area contributed by atoms with Crippen LogP contribution in [0.15, 0.2) is 12.3 Å². The summed E-state index contributed by atoms with van der Waals surface area (Å²) in [5.41, 5.74) is -1.14. The van der Waals surface area contributed by atoms with Crippen molar-refractivity contribution >= 4 is 11.9 Å². The van der Waals surface area contributed by atoms with Gasteiger partial charge < -0.3 is 15.5 Å². The molecule has 10 heteroatoms. The average Bonchev–Trinajstić information content (AvgIpc) is 2.76. The predicted molar refractivity (Wildman–Crippen MR) is 58.5 cm³/mol. The highest BCUT2D eigenvalue weighted by Gasteiger charge is 2.33. The second-order valence-corrected chi connectivity index (χ2v) is 3.87. The van der Waals surface area contributed by atoms with E-state index < -0.39 is 42.9 Å². The Balaban J connectivity index is 2.62. The minimum atomic E-state index is -4.61. The molecular weight excluding hydrogens is 283 g/mol. The average molecular weight is 295 g/mol. The largest absolute Gasteiger partial charge is 0.480 e. The van der Waals surface area contributed by atoms with E-state index in [2.05, 4.69) is 10.4 Å². The summed E-state index contributed by atoms with van der Waals surface area (Å²) < 4.78 is 37.6. The molecule has 0 aliphatic heterocycles. The zero-order chi connectivity index (χ0) is 15.3. The highest BCUT2D eigenvalue weighted by atomic mass is 19.4. The molecule has 7 nitrogen and oxygen atoms in total. The van der Waals surface area contributed by atoms with Crippen molar-refractivity contribution in [2.45, 2.75) is 25.2 Å². The molecule has 0 aliphatic carbocycles. The van der Waals surface area contributed by atoms with Crippen LogP contribution in [0.5, 0.6) is 0 Å². The summed E-state index contributed by atoms with van der Waals surface area (Å²) in [5.74, 6) is -2.16. The first-order valence-electron chi connectivity index (χ1n) is 5.47. The van der Waals surface area contributed by atoms with Crippen LogP contribution in [0.2, 0.25) is 0 Å². The Hall–Kier alpha value is -2.10. The molecule has 0 saturated heterocycles. The van der Waals surface area contributed by atoms with Gasteiger partial charge in [0.1, 0.15) is 12.6 Å². The summed E-state index contributed by atoms with van der Waals surface area (Å²) in [7, 11) is 0. The van der Waals surface area contributed by atoms with Crippen molar-refractivity contribution in [3.05, 3.63) is 18.0 Å². The topological polar surface area (TPSA) is 104 Å². The van der Waals surface area contributed by atoms with Crippen LogP contribution in [0.25, 0.3) is 0 Å². The van der Waals surface area contributed by atoms with Crippen molar-refractivity contribution in [1.29, 1.82) is 0 Å². The quantitative estimate of drug-likeness (QED) is 0.677. The number of carbonyl (C=O) groups excluding carboxylic acids is 1. The van der Waals surface area contributed by atoms with Gasteiger partial charge >= 0.3 is 12.1 Å². The van der Waals surface area contributed by atoms with Crippen LogP contribution in [0.3, 0.4) is 0 Å². The van der Waals surface area contributed by atoms with Gasteiger partial charge in [-0.25, -0.2) is 4.79 Å². The van der Waals surface area contributed by atoms with E-state index in [9.17, 15) is 22.8 Å². The number of aliphatic hydroxyl groups excluding tert-OH is 1.